The number of aliphatic hydroxyl groups excluding tert-OH is 1. The molecule has 2 rings (SSSR count). The van der Waals surface area contributed by atoms with Crippen molar-refractivity contribution in [2.24, 2.45) is 5.92 Å². The van der Waals surface area contributed by atoms with Crippen molar-refractivity contribution in [2.45, 2.75) is 30.6 Å². The third-order valence-corrected chi connectivity index (χ3v) is 5.51. The third-order valence-electron chi connectivity index (χ3n) is 3.72. The van der Waals surface area contributed by atoms with Gasteiger partial charge in [-0.25, -0.2) is 12.7 Å². The lowest BCUT2D eigenvalue weighted by atomic mass is 10.1. The first-order valence-electron chi connectivity index (χ1n) is 7.05. The van der Waals surface area contributed by atoms with Crippen molar-refractivity contribution < 1.29 is 13.5 Å². The molecule has 0 atom stereocenters. The predicted molar refractivity (Wildman–Crippen MR) is 80.0 cm³/mol. The number of hydrogen-bond donors (Lipinski definition) is 1. The van der Waals surface area contributed by atoms with E-state index in [0.29, 0.717) is 18.0 Å². The summed E-state index contributed by atoms with van der Waals surface area (Å²) in [4.78, 5) is 4.07. The average molecular weight is 308 g/mol. The van der Waals surface area contributed by atoms with Gasteiger partial charge in [0.1, 0.15) is 11.5 Å². The molecule has 1 aromatic heterocycles. The maximum Gasteiger partial charge on any atom is 0.244 e. The van der Waals surface area contributed by atoms with Crippen LogP contribution in [0.5, 0.6) is 0 Å². The first-order chi connectivity index (χ1) is 10.0. The zero-order chi connectivity index (χ0) is 15.3. The molecular formula is C15H20N2O3S. The number of pyridine rings is 1. The minimum atomic E-state index is -3.53. The Morgan fingerprint density at radius 1 is 1.38 bits per heavy atom. The summed E-state index contributed by atoms with van der Waals surface area (Å²) in [6.45, 7) is 0.285. The summed E-state index contributed by atoms with van der Waals surface area (Å²) in [6, 6.07) is 1.50. The molecule has 0 amide bonds. The van der Waals surface area contributed by atoms with Gasteiger partial charge in [-0.15, -0.1) is 0 Å². The van der Waals surface area contributed by atoms with Crippen molar-refractivity contribution in [2.75, 3.05) is 20.2 Å². The van der Waals surface area contributed by atoms with Crippen molar-refractivity contribution in [3.8, 4) is 11.8 Å². The number of aliphatic hydroxyl groups is 1. The Balaban J connectivity index is 2.17. The second-order valence-corrected chi connectivity index (χ2v) is 7.35. The maximum absolute atomic E-state index is 12.5. The normalized spacial score (nSPS) is 16.0. The van der Waals surface area contributed by atoms with E-state index in [4.69, 9.17) is 5.11 Å². The van der Waals surface area contributed by atoms with Crippen LogP contribution in [0.2, 0.25) is 0 Å². The number of hydrogen-bond acceptors (Lipinski definition) is 4. The summed E-state index contributed by atoms with van der Waals surface area (Å²) in [5, 5.41) is 8.68. The topological polar surface area (TPSA) is 70.5 Å². The van der Waals surface area contributed by atoms with Gasteiger partial charge >= 0.3 is 0 Å². The SMILES string of the molecule is CN(CC1CCCC1)S(=O)(=O)c1cncc(C#CCO)c1. The van der Waals surface area contributed by atoms with Crippen LogP contribution in [0.15, 0.2) is 23.4 Å². The Morgan fingerprint density at radius 2 is 2.10 bits per heavy atom. The number of sulfonamides is 1. The fourth-order valence-corrected chi connectivity index (χ4v) is 3.84. The number of nitrogens with zero attached hydrogens (tertiary/aromatic N) is 2. The Morgan fingerprint density at radius 3 is 2.76 bits per heavy atom. The minimum Gasteiger partial charge on any atom is -0.384 e. The van der Waals surface area contributed by atoms with E-state index in [1.165, 1.54) is 35.6 Å². The molecule has 21 heavy (non-hydrogen) atoms. The lowest BCUT2D eigenvalue weighted by Crippen LogP contribution is -2.31. The fraction of sp³-hybridized carbons (Fsp3) is 0.533. The Bertz CT molecular complexity index is 640. The van der Waals surface area contributed by atoms with Crippen LogP contribution in [-0.4, -0.2) is 43.0 Å². The van der Waals surface area contributed by atoms with E-state index in [-0.39, 0.29) is 11.5 Å². The van der Waals surface area contributed by atoms with Crippen molar-refractivity contribution in [3.05, 3.63) is 24.0 Å². The number of aromatic nitrogens is 1. The lowest BCUT2D eigenvalue weighted by Gasteiger charge is -2.20. The van der Waals surface area contributed by atoms with Gasteiger partial charge in [0.2, 0.25) is 10.0 Å². The molecule has 1 N–H and O–H groups in total. The molecule has 0 saturated heterocycles. The zero-order valence-electron chi connectivity index (χ0n) is 12.1. The van der Waals surface area contributed by atoms with Crippen LogP contribution in [0, 0.1) is 17.8 Å². The Hall–Kier alpha value is -1.42. The quantitative estimate of drug-likeness (QED) is 0.850. The molecule has 0 spiro atoms. The largest absolute Gasteiger partial charge is 0.384 e. The highest BCUT2D eigenvalue weighted by Gasteiger charge is 2.25. The van der Waals surface area contributed by atoms with Gasteiger partial charge < -0.3 is 5.11 Å². The standard InChI is InChI=1S/C15H20N2O3S/c1-17(12-13-5-2-3-6-13)21(19,20)15-9-14(7-4-8-18)10-16-11-15/h9-11,13,18H,2-3,5-6,8,12H2,1H3. The van der Waals surface area contributed by atoms with Crippen LogP contribution >= 0.6 is 0 Å². The summed E-state index contributed by atoms with van der Waals surface area (Å²) in [5.74, 6) is 5.62. The summed E-state index contributed by atoms with van der Waals surface area (Å²) in [7, 11) is -1.92. The summed E-state index contributed by atoms with van der Waals surface area (Å²) < 4.78 is 26.5. The van der Waals surface area contributed by atoms with Gasteiger partial charge in [-0.3, -0.25) is 4.98 Å². The molecule has 0 aliphatic heterocycles. The van der Waals surface area contributed by atoms with Crippen molar-refractivity contribution >= 4 is 10.0 Å². The van der Waals surface area contributed by atoms with Gasteiger partial charge in [0.25, 0.3) is 0 Å². The first kappa shape index (κ1) is 16.0. The molecule has 0 unspecified atom stereocenters. The Labute approximate surface area is 126 Å². The average Bonchev–Trinajstić information content (AvgIpc) is 2.98. The molecule has 1 heterocycles. The van der Waals surface area contributed by atoms with Gasteiger partial charge in [-0.2, -0.15) is 0 Å². The van der Waals surface area contributed by atoms with Crippen LogP contribution < -0.4 is 0 Å². The summed E-state index contributed by atoms with van der Waals surface area (Å²) >= 11 is 0. The number of rotatable bonds is 4. The van der Waals surface area contributed by atoms with Crippen LogP contribution in [0.4, 0.5) is 0 Å². The van der Waals surface area contributed by atoms with E-state index in [1.54, 1.807) is 7.05 Å². The van der Waals surface area contributed by atoms with Gasteiger partial charge in [0.15, 0.2) is 0 Å². The Kier molecular flexibility index (Phi) is 5.34. The van der Waals surface area contributed by atoms with Gasteiger partial charge in [-0.1, -0.05) is 24.7 Å². The van der Waals surface area contributed by atoms with E-state index in [2.05, 4.69) is 16.8 Å². The fourth-order valence-electron chi connectivity index (χ4n) is 2.60. The molecule has 1 aliphatic rings. The molecular weight excluding hydrogens is 288 g/mol. The highest BCUT2D eigenvalue weighted by molar-refractivity contribution is 7.89. The van der Waals surface area contributed by atoms with E-state index < -0.39 is 10.0 Å². The van der Waals surface area contributed by atoms with Crippen molar-refractivity contribution in [1.82, 2.24) is 9.29 Å². The third kappa shape index (κ3) is 4.03. The van der Waals surface area contributed by atoms with Gasteiger partial charge in [0, 0.05) is 31.5 Å². The molecule has 1 aromatic rings. The highest BCUT2D eigenvalue weighted by Crippen LogP contribution is 2.27. The molecule has 5 nitrogen and oxygen atoms in total. The van der Waals surface area contributed by atoms with Crippen LogP contribution in [0.25, 0.3) is 0 Å². The van der Waals surface area contributed by atoms with Gasteiger partial charge in [0.05, 0.1) is 0 Å². The first-order valence-corrected chi connectivity index (χ1v) is 8.49. The van der Waals surface area contributed by atoms with E-state index in [1.807, 2.05) is 0 Å². The molecule has 6 heteroatoms. The summed E-state index contributed by atoms with van der Waals surface area (Å²) in [5.41, 5.74) is 0.486. The zero-order valence-corrected chi connectivity index (χ0v) is 12.9. The van der Waals surface area contributed by atoms with E-state index >= 15 is 0 Å². The molecule has 0 radical (unpaired) electrons. The monoisotopic (exact) mass is 308 g/mol. The van der Waals surface area contributed by atoms with Crippen LogP contribution in [0.3, 0.4) is 0 Å². The van der Waals surface area contributed by atoms with Crippen molar-refractivity contribution in [1.29, 1.82) is 0 Å². The molecule has 1 aliphatic carbocycles. The van der Waals surface area contributed by atoms with E-state index in [0.717, 1.165) is 12.8 Å². The van der Waals surface area contributed by atoms with E-state index in [9.17, 15) is 8.42 Å². The minimum absolute atomic E-state index is 0.146. The second kappa shape index (κ2) is 7.03. The van der Waals surface area contributed by atoms with Gasteiger partial charge in [-0.05, 0) is 24.8 Å². The second-order valence-electron chi connectivity index (χ2n) is 5.31. The lowest BCUT2D eigenvalue weighted by molar-refractivity contribution is 0.350. The molecule has 1 saturated carbocycles. The smallest absolute Gasteiger partial charge is 0.244 e. The molecule has 1 fully saturated rings. The molecule has 114 valence electrons. The summed E-state index contributed by atoms with van der Waals surface area (Å²) in [6.07, 6.45) is 7.39. The maximum atomic E-state index is 12.5. The molecule has 0 bridgehead atoms. The van der Waals surface area contributed by atoms with Crippen LogP contribution in [-0.2, 0) is 10.0 Å². The van der Waals surface area contributed by atoms with Crippen LogP contribution in [0.1, 0.15) is 31.2 Å². The molecule has 0 aromatic carbocycles. The predicted octanol–water partition coefficient (Wildman–Crippen LogP) is 1.24. The highest BCUT2D eigenvalue weighted by atomic mass is 32.2. The van der Waals surface area contributed by atoms with Crippen molar-refractivity contribution in [3.63, 3.8) is 0 Å².